The van der Waals surface area contributed by atoms with Crippen LogP contribution in [0.15, 0.2) is 60.7 Å². The molecule has 1 aliphatic heterocycles. The number of hydrogen-bond donors (Lipinski definition) is 1. The van der Waals surface area contributed by atoms with Crippen molar-refractivity contribution in [1.82, 2.24) is 9.80 Å². The van der Waals surface area contributed by atoms with Gasteiger partial charge in [-0.3, -0.25) is 14.4 Å². The monoisotopic (exact) mass is 646 g/mol. The minimum Gasteiger partial charge on any atom is -0.392 e. The molecule has 8 heteroatoms. The highest BCUT2D eigenvalue weighted by molar-refractivity contribution is 6.01. The summed E-state index contributed by atoms with van der Waals surface area (Å²) >= 11 is 0. The van der Waals surface area contributed by atoms with Crippen LogP contribution in [0.25, 0.3) is 0 Å². The van der Waals surface area contributed by atoms with Gasteiger partial charge in [-0.15, -0.1) is 0 Å². The molecule has 3 aromatic rings. The number of benzene rings is 3. The largest absolute Gasteiger partial charge is 0.392 e. The molecule has 3 atom stereocenters. The topological polar surface area (TPSA) is 77.9 Å². The number of likely N-dealkylation sites (tertiary alicyclic amines) is 1. The van der Waals surface area contributed by atoms with Gasteiger partial charge in [-0.2, -0.15) is 0 Å². The van der Waals surface area contributed by atoms with Crippen molar-refractivity contribution in [2.24, 2.45) is 11.8 Å². The van der Waals surface area contributed by atoms with Gasteiger partial charge >= 0.3 is 0 Å². The van der Waals surface area contributed by atoms with Crippen LogP contribution in [0.4, 0.5) is 8.78 Å². The Morgan fingerprint density at radius 2 is 1.51 bits per heavy atom. The van der Waals surface area contributed by atoms with E-state index in [2.05, 4.69) is 0 Å². The first-order valence-electron chi connectivity index (χ1n) is 16.9. The smallest absolute Gasteiger partial charge is 0.253 e. The fraction of sp³-hybridized carbons (Fsp3) is 0.462. The van der Waals surface area contributed by atoms with Gasteiger partial charge in [0.1, 0.15) is 11.6 Å². The third kappa shape index (κ3) is 9.80. The zero-order chi connectivity index (χ0) is 34.1. The lowest BCUT2D eigenvalue weighted by Crippen LogP contribution is -2.43. The van der Waals surface area contributed by atoms with Gasteiger partial charge in [0.15, 0.2) is 5.78 Å². The minimum atomic E-state index is -1.23. The predicted octanol–water partition coefficient (Wildman–Crippen LogP) is 7.47. The molecule has 0 unspecified atom stereocenters. The zero-order valence-electron chi connectivity index (χ0n) is 28.1. The van der Waals surface area contributed by atoms with Gasteiger partial charge in [0.2, 0.25) is 5.91 Å². The lowest BCUT2D eigenvalue weighted by Gasteiger charge is -2.31. The molecular formula is C39H48F2N2O4. The van der Waals surface area contributed by atoms with E-state index in [4.69, 9.17) is 0 Å². The van der Waals surface area contributed by atoms with Gasteiger partial charge in [-0.25, -0.2) is 8.78 Å². The fourth-order valence-electron chi connectivity index (χ4n) is 6.66. The van der Waals surface area contributed by atoms with Crippen molar-refractivity contribution >= 4 is 17.6 Å². The molecule has 4 rings (SSSR count). The third-order valence-corrected chi connectivity index (χ3v) is 9.00. The van der Waals surface area contributed by atoms with Gasteiger partial charge < -0.3 is 14.9 Å². The molecule has 0 saturated carbocycles. The van der Waals surface area contributed by atoms with Crippen LogP contribution in [0, 0.1) is 37.3 Å². The molecule has 1 aliphatic rings. The summed E-state index contributed by atoms with van der Waals surface area (Å²) in [5.41, 5.74) is 3.91. The summed E-state index contributed by atoms with van der Waals surface area (Å²) in [6, 6.07) is 16.2. The van der Waals surface area contributed by atoms with Crippen molar-refractivity contribution in [3.05, 3.63) is 106 Å². The molecule has 0 spiro atoms. The molecule has 0 bridgehead atoms. The van der Waals surface area contributed by atoms with E-state index in [1.807, 2.05) is 52.0 Å². The Labute approximate surface area is 277 Å². The summed E-state index contributed by atoms with van der Waals surface area (Å²) in [6.45, 7) is 10.0. The Bertz CT molecular complexity index is 1510. The van der Waals surface area contributed by atoms with Crippen LogP contribution in [0.5, 0.6) is 0 Å². The maximum atomic E-state index is 14.2. The molecule has 0 aliphatic carbocycles. The lowest BCUT2D eigenvalue weighted by atomic mass is 9.80. The fourth-order valence-corrected chi connectivity index (χ4v) is 6.66. The van der Waals surface area contributed by atoms with E-state index in [-0.39, 0.29) is 30.4 Å². The number of Topliss-reactive ketones (excluding diaryl/α,β-unsaturated/α-hetero) is 1. The Hall–Kier alpha value is -3.91. The van der Waals surface area contributed by atoms with Gasteiger partial charge in [-0.05, 0) is 98.9 Å². The normalized spacial score (nSPS) is 16.4. The van der Waals surface area contributed by atoms with Crippen molar-refractivity contribution < 1.29 is 28.3 Å². The summed E-state index contributed by atoms with van der Waals surface area (Å²) in [7, 11) is 0. The number of halogens is 2. The average Bonchev–Trinajstić information content (AvgIpc) is 3.21. The van der Waals surface area contributed by atoms with Crippen LogP contribution >= 0.6 is 0 Å². The predicted molar refractivity (Wildman–Crippen MR) is 180 cm³/mol. The van der Waals surface area contributed by atoms with E-state index >= 15 is 0 Å². The number of aliphatic hydroxyl groups excluding tert-OH is 1. The first-order chi connectivity index (χ1) is 22.5. The number of nitrogens with zero attached hydrogens (tertiary/aromatic N) is 2. The van der Waals surface area contributed by atoms with E-state index in [1.54, 1.807) is 28.0 Å². The summed E-state index contributed by atoms with van der Waals surface area (Å²) in [6.07, 6.45) is 2.19. The molecule has 1 heterocycles. The van der Waals surface area contributed by atoms with Gasteiger partial charge in [-0.1, -0.05) is 50.1 Å². The van der Waals surface area contributed by atoms with Gasteiger partial charge in [0, 0.05) is 49.8 Å². The minimum absolute atomic E-state index is 0.00170. The molecule has 3 aromatic carbocycles. The van der Waals surface area contributed by atoms with Crippen LogP contribution in [0.1, 0.15) is 95.3 Å². The van der Waals surface area contributed by atoms with E-state index in [0.717, 1.165) is 48.4 Å². The molecule has 1 saturated heterocycles. The van der Waals surface area contributed by atoms with Crippen molar-refractivity contribution in [3.63, 3.8) is 0 Å². The number of rotatable bonds is 14. The maximum Gasteiger partial charge on any atom is 0.253 e. The standard InChI is InChI=1S/C39H48F2N2O4/c1-5-14-42(15-6-2)38(46)32-18-27(4)17-30(22-32)36(44)23-31(19-29-20-33(40)24-34(41)21-29)37(45)35-9-7-8-16-43(39(35)47)25-28-12-10-26(3)11-13-28/h10-13,17-18,20-22,24,31,35,37,45H,5-9,14-16,19,23,25H2,1-4H3/t31-,35+,37+/m1/s1. The van der Waals surface area contributed by atoms with E-state index < -0.39 is 29.6 Å². The van der Waals surface area contributed by atoms with Crippen LogP contribution < -0.4 is 0 Å². The highest BCUT2D eigenvalue weighted by atomic mass is 19.1. The van der Waals surface area contributed by atoms with Crippen molar-refractivity contribution in [3.8, 4) is 0 Å². The Morgan fingerprint density at radius 3 is 2.15 bits per heavy atom. The van der Waals surface area contributed by atoms with Gasteiger partial charge in [0.25, 0.3) is 5.91 Å². The average molecular weight is 647 g/mol. The summed E-state index contributed by atoms with van der Waals surface area (Å²) < 4.78 is 28.5. The van der Waals surface area contributed by atoms with E-state index in [9.17, 15) is 28.3 Å². The molecule has 2 amide bonds. The Kier molecular flexibility index (Phi) is 12.8. The molecule has 1 fully saturated rings. The third-order valence-electron chi connectivity index (χ3n) is 9.00. The van der Waals surface area contributed by atoms with Crippen LogP contribution in [0.3, 0.4) is 0 Å². The number of aliphatic hydroxyl groups is 1. The first kappa shape index (κ1) is 35.9. The zero-order valence-corrected chi connectivity index (χ0v) is 28.1. The summed E-state index contributed by atoms with van der Waals surface area (Å²) in [5, 5.41) is 11.9. The first-order valence-corrected chi connectivity index (χ1v) is 16.9. The quantitative estimate of drug-likeness (QED) is 0.185. The van der Waals surface area contributed by atoms with Crippen LogP contribution in [-0.2, 0) is 17.8 Å². The molecule has 1 N–H and O–H groups in total. The second-order valence-electron chi connectivity index (χ2n) is 13.1. The molecule has 252 valence electrons. The second-order valence-corrected chi connectivity index (χ2v) is 13.1. The molecule has 47 heavy (non-hydrogen) atoms. The number of amides is 2. The second kappa shape index (κ2) is 16.8. The lowest BCUT2D eigenvalue weighted by molar-refractivity contribution is -0.140. The van der Waals surface area contributed by atoms with Crippen molar-refractivity contribution in [1.29, 1.82) is 0 Å². The summed E-state index contributed by atoms with van der Waals surface area (Å²) in [5.74, 6) is -3.71. The van der Waals surface area contributed by atoms with E-state index in [1.165, 1.54) is 12.1 Å². The number of aryl methyl sites for hydroxylation is 2. The number of carbonyl (C=O) groups is 3. The molecule has 6 nitrogen and oxygen atoms in total. The number of carbonyl (C=O) groups excluding carboxylic acids is 3. The maximum absolute atomic E-state index is 14.2. The molecule has 0 aromatic heterocycles. The van der Waals surface area contributed by atoms with Gasteiger partial charge in [0.05, 0.1) is 12.0 Å². The van der Waals surface area contributed by atoms with Crippen LogP contribution in [0.2, 0.25) is 0 Å². The van der Waals surface area contributed by atoms with Crippen molar-refractivity contribution in [2.75, 3.05) is 19.6 Å². The summed E-state index contributed by atoms with van der Waals surface area (Å²) in [4.78, 5) is 44.8. The molecular weight excluding hydrogens is 598 g/mol. The Balaban J connectivity index is 1.63. The highest BCUT2D eigenvalue weighted by Gasteiger charge is 2.37. The van der Waals surface area contributed by atoms with Crippen LogP contribution in [-0.4, -0.2) is 58.2 Å². The highest BCUT2D eigenvalue weighted by Crippen LogP contribution is 2.31. The van der Waals surface area contributed by atoms with E-state index in [0.29, 0.717) is 49.3 Å². The SMILES string of the molecule is CCCN(CCC)C(=O)c1cc(C)cc(C(=O)C[C@@H](Cc2cc(F)cc(F)c2)[C@H](O)[C@@H]2CCCCN(Cc3ccc(C)cc3)C2=O)c1. The Morgan fingerprint density at radius 1 is 0.872 bits per heavy atom. The number of hydrogen-bond acceptors (Lipinski definition) is 4. The van der Waals surface area contributed by atoms with Crippen molar-refractivity contribution in [2.45, 2.75) is 85.3 Å². The number of ketones is 1. The molecule has 0 radical (unpaired) electrons.